The lowest BCUT2D eigenvalue weighted by atomic mass is 10.1. The minimum absolute atomic E-state index is 0.0444. The van der Waals surface area contributed by atoms with Gasteiger partial charge in [-0.2, -0.15) is 0 Å². The lowest BCUT2D eigenvalue weighted by Crippen LogP contribution is -2.33. The van der Waals surface area contributed by atoms with Crippen LogP contribution in [0, 0.1) is 0 Å². The Bertz CT molecular complexity index is 765. The van der Waals surface area contributed by atoms with E-state index in [1.807, 2.05) is 36.7 Å². The molecule has 24 heavy (non-hydrogen) atoms. The number of rotatable bonds is 5. The Morgan fingerprint density at radius 1 is 1.33 bits per heavy atom. The van der Waals surface area contributed by atoms with Gasteiger partial charge in [0.05, 0.1) is 5.52 Å². The Kier molecular flexibility index (Phi) is 5.11. The Labute approximate surface area is 147 Å². The minimum Gasteiger partial charge on any atom is -0.376 e. The summed E-state index contributed by atoms with van der Waals surface area (Å²) in [5.74, 6) is -0.0444. The maximum atomic E-state index is 12.6. The topological polar surface area (TPSA) is 40.5 Å². The largest absolute Gasteiger partial charge is 0.376 e. The normalized spacial score (nSPS) is 15.0. The second-order valence-corrected chi connectivity index (χ2v) is 6.86. The van der Waals surface area contributed by atoms with Gasteiger partial charge in [0.15, 0.2) is 0 Å². The maximum Gasteiger partial charge on any atom is 0.267 e. The monoisotopic (exact) mass is 346 g/mol. The highest BCUT2D eigenvalue weighted by Gasteiger charge is 2.17. The predicted molar refractivity (Wildman–Crippen MR) is 98.8 cm³/mol. The summed E-state index contributed by atoms with van der Waals surface area (Å²) in [6.07, 6.45) is 5.68. The first-order chi connectivity index (χ1) is 11.5. The third kappa shape index (κ3) is 3.91. The van der Waals surface area contributed by atoms with E-state index in [1.54, 1.807) is 4.68 Å². The molecule has 1 N–H and O–H groups in total. The van der Waals surface area contributed by atoms with Crippen molar-refractivity contribution in [3.8, 4) is 0 Å². The first-order valence-corrected chi connectivity index (χ1v) is 8.58. The molecule has 0 bridgehead atoms. The van der Waals surface area contributed by atoms with Crippen LogP contribution in [0.15, 0.2) is 42.2 Å². The van der Waals surface area contributed by atoms with Crippen molar-refractivity contribution >= 4 is 28.4 Å². The van der Waals surface area contributed by atoms with Gasteiger partial charge in [0, 0.05) is 48.0 Å². The molecule has 0 saturated carbocycles. The van der Waals surface area contributed by atoms with Crippen LogP contribution in [-0.2, 0) is 4.79 Å². The van der Waals surface area contributed by atoms with E-state index in [1.165, 1.54) is 0 Å². The van der Waals surface area contributed by atoms with Gasteiger partial charge in [0.2, 0.25) is 0 Å². The molecule has 0 spiro atoms. The van der Waals surface area contributed by atoms with E-state index < -0.39 is 0 Å². The number of carbonyl (C=O) groups excluding carboxylic acids is 1. The van der Waals surface area contributed by atoms with Gasteiger partial charge in [-0.3, -0.25) is 14.9 Å². The molecule has 2 heterocycles. The third-order valence-corrected chi connectivity index (χ3v) is 4.47. The van der Waals surface area contributed by atoms with Crippen LogP contribution in [0.25, 0.3) is 10.9 Å². The number of carbonyl (C=O) groups is 1. The molecule has 5 nitrogen and oxygen atoms in total. The van der Waals surface area contributed by atoms with Crippen molar-refractivity contribution in [2.75, 3.05) is 39.2 Å². The molecule has 3 rings (SSSR count). The van der Waals surface area contributed by atoms with Gasteiger partial charge in [-0.05, 0) is 51.2 Å². The summed E-state index contributed by atoms with van der Waals surface area (Å²) in [4.78, 5) is 17.0. The summed E-state index contributed by atoms with van der Waals surface area (Å²) in [6, 6.07) is 7.58. The zero-order valence-corrected chi connectivity index (χ0v) is 14.9. The molecule has 1 amide bonds. The molecular formula is C18H23ClN4O. The fourth-order valence-electron chi connectivity index (χ4n) is 2.89. The lowest BCUT2D eigenvalue weighted by Gasteiger charge is -2.27. The quantitative estimate of drug-likeness (QED) is 0.905. The molecule has 0 atom stereocenters. The number of amides is 1. The number of nitrogens with zero attached hydrogens (tertiary/aromatic N) is 3. The van der Waals surface area contributed by atoms with Gasteiger partial charge in [0.25, 0.3) is 5.91 Å². The van der Waals surface area contributed by atoms with Crippen LogP contribution < -0.4 is 5.43 Å². The lowest BCUT2D eigenvalue weighted by molar-refractivity contribution is -0.114. The van der Waals surface area contributed by atoms with Crippen molar-refractivity contribution in [2.45, 2.75) is 12.8 Å². The molecule has 1 aromatic carbocycles. The fraction of sp³-hybridized carbons (Fsp3) is 0.389. The van der Waals surface area contributed by atoms with Gasteiger partial charge >= 0.3 is 0 Å². The number of benzene rings is 1. The molecule has 0 aliphatic carbocycles. The summed E-state index contributed by atoms with van der Waals surface area (Å²) in [5.41, 5.74) is 4.74. The average Bonchev–Trinajstić information content (AvgIpc) is 2.95. The molecule has 0 saturated heterocycles. The predicted octanol–water partition coefficient (Wildman–Crippen LogP) is 2.91. The summed E-state index contributed by atoms with van der Waals surface area (Å²) in [6.45, 7) is 2.93. The van der Waals surface area contributed by atoms with Crippen molar-refractivity contribution in [1.82, 2.24) is 14.5 Å². The molecule has 128 valence electrons. The summed E-state index contributed by atoms with van der Waals surface area (Å²) in [5, 5.41) is 1.70. The molecule has 6 heteroatoms. The number of hydrogen-bond acceptors (Lipinski definition) is 3. The first kappa shape index (κ1) is 16.9. The molecule has 1 aliphatic heterocycles. The van der Waals surface area contributed by atoms with E-state index >= 15 is 0 Å². The fourth-order valence-corrected chi connectivity index (χ4v) is 3.07. The van der Waals surface area contributed by atoms with Gasteiger partial charge < -0.3 is 9.80 Å². The average molecular weight is 347 g/mol. The van der Waals surface area contributed by atoms with Crippen molar-refractivity contribution in [1.29, 1.82) is 0 Å². The minimum atomic E-state index is -0.0444. The van der Waals surface area contributed by atoms with E-state index in [0.29, 0.717) is 5.02 Å². The van der Waals surface area contributed by atoms with Crippen LogP contribution in [0.1, 0.15) is 12.8 Å². The highest BCUT2D eigenvalue weighted by molar-refractivity contribution is 6.31. The van der Waals surface area contributed by atoms with Crippen LogP contribution in [0.2, 0.25) is 5.02 Å². The second kappa shape index (κ2) is 7.28. The molecule has 1 aromatic heterocycles. The number of fused-ring (bicyclic) bond motifs is 1. The van der Waals surface area contributed by atoms with Crippen molar-refractivity contribution < 1.29 is 4.79 Å². The Balaban J connectivity index is 1.71. The van der Waals surface area contributed by atoms with E-state index in [4.69, 9.17) is 11.6 Å². The number of nitrogens with one attached hydrogen (secondary N) is 1. The standard InChI is InChI=1S/C18H23ClN4O/c1-21(2)10-11-22-8-3-4-15(13-22)18(24)20-23-9-7-14-12-16(19)5-6-17(14)23/h5-7,9,12-13H,3-4,8,10-11H2,1-2H3,(H,20,24). The Morgan fingerprint density at radius 3 is 2.96 bits per heavy atom. The summed E-state index contributed by atoms with van der Waals surface area (Å²) in [7, 11) is 4.12. The molecule has 0 fully saturated rings. The van der Waals surface area contributed by atoms with E-state index in [-0.39, 0.29) is 5.91 Å². The Hall–Kier alpha value is -1.98. The first-order valence-electron chi connectivity index (χ1n) is 8.20. The van der Waals surface area contributed by atoms with Gasteiger partial charge in [-0.1, -0.05) is 11.6 Å². The SMILES string of the molecule is CN(C)CCN1C=C(C(=O)Nn2ccc3cc(Cl)ccc32)CCC1. The molecule has 0 unspecified atom stereocenters. The zero-order valence-electron chi connectivity index (χ0n) is 14.1. The zero-order chi connectivity index (χ0) is 17.1. The third-order valence-electron chi connectivity index (χ3n) is 4.23. The number of halogens is 1. The highest BCUT2D eigenvalue weighted by atomic mass is 35.5. The van der Waals surface area contributed by atoms with Gasteiger partial charge in [-0.15, -0.1) is 0 Å². The van der Waals surface area contributed by atoms with Crippen LogP contribution in [0.3, 0.4) is 0 Å². The number of hydrogen-bond donors (Lipinski definition) is 1. The second-order valence-electron chi connectivity index (χ2n) is 6.43. The Morgan fingerprint density at radius 2 is 2.17 bits per heavy atom. The van der Waals surface area contributed by atoms with E-state index in [0.717, 1.165) is 49.0 Å². The highest BCUT2D eigenvalue weighted by Crippen LogP contribution is 2.20. The summed E-state index contributed by atoms with van der Waals surface area (Å²) >= 11 is 6.01. The number of aromatic nitrogens is 1. The maximum absolute atomic E-state index is 12.6. The van der Waals surface area contributed by atoms with Crippen molar-refractivity contribution in [3.05, 3.63) is 47.3 Å². The van der Waals surface area contributed by atoms with Gasteiger partial charge in [0.1, 0.15) is 0 Å². The van der Waals surface area contributed by atoms with Crippen LogP contribution >= 0.6 is 11.6 Å². The summed E-state index contributed by atoms with van der Waals surface area (Å²) < 4.78 is 1.76. The van der Waals surface area contributed by atoms with Crippen molar-refractivity contribution in [3.63, 3.8) is 0 Å². The van der Waals surface area contributed by atoms with Crippen LogP contribution in [0.4, 0.5) is 0 Å². The number of likely N-dealkylation sites (N-methyl/N-ethyl adjacent to an activating group) is 1. The smallest absolute Gasteiger partial charge is 0.267 e. The molecule has 2 aromatic rings. The van der Waals surface area contributed by atoms with Crippen molar-refractivity contribution in [2.24, 2.45) is 0 Å². The van der Waals surface area contributed by atoms with Crippen LogP contribution in [0.5, 0.6) is 0 Å². The van der Waals surface area contributed by atoms with Gasteiger partial charge in [-0.25, -0.2) is 0 Å². The molecular weight excluding hydrogens is 324 g/mol. The van der Waals surface area contributed by atoms with E-state index in [2.05, 4.69) is 29.3 Å². The molecule has 1 aliphatic rings. The van der Waals surface area contributed by atoms with E-state index in [9.17, 15) is 4.79 Å². The van der Waals surface area contributed by atoms with Crippen LogP contribution in [-0.4, -0.2) is 54.1 Å². The molecule has 0 radical (unpaired) electrons.